The standard InChI is InChI=1S/C26H34N2O6/c1-19(29)21-7-10-24(25(16-21)33-3)34-18-22(30)17-27-12-14-28(15-13-27)26(31)11-6-20-4-8-23(32-2)9-5-20/h4-5,7-10,16,22,30H,6,11-15,17-18H2,1-3H3. The lowest BCUT2D eigenvalue weighted by Gasteiger charge is -2.35. The molecule has 1 amide bonds. The first kappa shape index (κ1) is 25.5. The van der Waals surface area contributed by atoms with Crippen LogP contribution in [0.5, 0.6) is 17.2 Å². The van der Waals surface area contributed by atoms with E-state index in [1.165, 1.54) is 14.0 Å². The van der Waals surface area contributed by atoms with Gasteiger partial charge in [0.25, 0.3) is 0 Å². The summed E-state index contributed by atoms with van der Waals surface area (Å²) in [6, 6.07) is 12.8. The molecule has 1 N–H and O–H groups in total. The van der Waals surface area contributed by atoms with Crippen LogP contribution in [0, 0.1) is 0 Å². The number of Topliss-reactive ketones (excluding diaryl/α,β-unsaturated/α-hetero) is 1. The zero-order chi connectivity index (χ0) is 24.5. The van der Waals surface area contributed by atoms with E-state index in [2.05, 4.69) is 4.90 Å². The van der Waals surface area contributed by atoms with Gasteiger partial charge < -0.3 is 24.2 Å². The Hall–Kier alpha value is -3.10. The van der Waals surface area contributed by atoms with Gasteiger partial charge in [-0.1, -0.05) is 12.1 Å². The fourth-order valence-electron chi connectivity index (χ4n) is 3.92. The lowest BCUT2D eigenvalue weighted by Crippen LogP contribution is -2.51. The van der Waals surface area contributed by atoms with Crippen molar-refractivity contribution in [3.8, 4) is 17.2 Å². The summed E-state index contributed by atoms with van der Waals surface area (Å²) in [6.45, 7) is 4.78. The van der Waals surface area contributed by atoms with Crippen LogP contribution in [-0.2, 0) is 11.2 Å². The first-order valence-electron chi connectivity index (χ1n) is 11.5. The number of carbonyl (C=O) groups is 2. The van der Waals surface area contributed by atoms with Crippen LogP contribution in [0.1, 0.15) is 29.3 Å². The molecule has 1 aliphatic heterocycles. The maximum absolute atomic E-state index is 12.6. The minimum Gasteiger partial charge on any atom is -0.497 e. The van der Waals surface area contributed by atoms with E-state index >= 15 is 0 Å². The minimum atomic E-state index is -0.686. The number of ketones is 1. The third-order valence-corrected chi connectivity index (χ3v) is 5.98. The van der Waals surface area contributed by atoms with Crippen molar-refractivity contribution in [3.63, 3.8) is 0 Å². The molecular weight excluding hydrogens is 436 g/mol. The van der Waals surface area contributed by atoms with E-state index in [1.807, 2.05) is 29.2 Å². The summed E-state index contributed by atoms with van der Waals surface area (Å²) >= 11 is 0. The highest BCUT2D eigenvalue weighted by molar-refractivity contribution is 5.94. The van der Waals surface area contributed by atoms with Gasteiger partial charge in [-0.05, 0) is 49.2 Å². The number of hydrogen-bond acceptors (Lipinski definition) is 7. The van der Waals surface area contributed by atoms with Crippen LogP contribution in [0.25, 0.3) is 0 Å². The van der Waals surface area contributed by atoms with Gasteiger partial charge in [-0.15, -0.1) is 0 Å². The quantitative estimate of drug-likeness (QED) is 0.505. The smallest absolute Gasteiger partial charge is 0.222 e. The molecule has 1 heterocycles. The minimum absolute atomic E-state index is 0.0526. The molecule has 0 radical (unpaired) electrons. The van der Waals surface area contributed by atoms with Crippen molar-refractivity contribution >= 4 is 11.7 Å². The van der Waals surface area contributed by atoms with E-state index in [4.69, 9.17) is 14.2 Å². The molecule has 34 heavy (non-hydrogen) atoms. The number of rotatable bonds is 11. The van der Waals surface area contributed by atoms with Gasteiger partial charge in [0.15, 0.2) is 17.3 Å². The van der Waals surface area contributed by atoms with Crippen LogP contribution in [0.2, 0.25) is 0 Å². The Kier molecular flexibility index (Phi) is 9.30. The largest absolute Gasteiger partial charge is 0.497 e. The van der Waals surface area contributed by atoms with E-state index in [1.54, 1.807) is 25.3 Å². The van der Waals surface area contributed by atoms with Crippen molar-refractivity contribution < 1.29 is 28.9 Å². The Labute approximate surface area is 201 Å². The lowest BCUT2D eigenvalue weighted by molar-refractivity contribution is -0.133. The highest BCUT2D eigenvalue weighted by atomic mass is 16.5. The monoisotopic (exact) mass is 470 g/mol. The first-order chi connectivity index (χ1) is 16.4. The van der Waals surface area contributed by atoms with E-state index in [9.17, 15) is 14.7 Å². The lowest BCUT2D eigenvalue weighted by atomic mass is 10.1. The number of piperazine rings is 1. The molecule has 8 nitrogen and oxygen atoms in total. The molecule has 1 atom stereocenters. The molecule has 2 aromatic carbocycles. The van der Waals surface area contributed by atoms with Crippen LogP contribution in [0.15, 0.2) is 42.5 Å². The number of amides is 1. The fourth-order valence-corrected chi connectivity index (χ4v) is 3.92. The molecule has 1 fully saturated rings. The van der Waals surface area contributed by atoms with Gasteiger partial charge in [0.05, 0.1) is 14.2 Å². The molecule has 0 spiro atoms. The Bertz CT molecular complexity index is 954. The average Bonchev–Trinajstić information content (AvgIpc) is 2.86. The van der Waals surface area contributed by atoms with Gasteiger partial charge in [0, 0.05) is 44.7 Å². The number of aryl methyl sites for hydroxylation is 1. The van der Waals surface area contributed by atoms with Gasteiger partial charge in [0.2, 0.25) is 5.91 Å². The topological polar surface area (TPSA) is 88.5 Å². The van der Waals surface area contributed by atoms with Crippen molar-refractivity contribution in [2.45, 2.75) is 25.9 Å². The van der Waals surface area contributed by atoms with Crippen LogP contribution in [-0.4, -0.2) is 86.3 Å². The molecule has 0 aromatic heterocycles. The van der Waals surface area contributed by atoms with Gasteiger partial charge >= 0.3 is 0 Å². The molecule has 1 aliphatic rings. The molecule has 3 rings (SSSR count). The third kappa shape index (κ3) is 7.20. The summed E-state index contributed by atoms with van der Waals surface area (Å²) in [5.41, 5.74) is 1.66. The molecule has 1 saturated heterocycles. The summed E-state index contributed by atoms with van der Waals surface area (Å²) in [6.07, 6.45) is 0.498. The Morgan fingerprint density at radius 1 is 0.971 bits per heavy atom. The summed E-state index contributed by atoms with van der Waals surface area (Å²) in [7, 11) is 3.15. The zero-order valence-corrected chi connectivity index (χ0v) is 20.2. The molecule has 184 valence electrons. The highest BCUT2D eigenvalue weighted by Gasteiger charge is 2.23. The molecule has 8 heteroatoms. The second kappa shape index (κ2) is 12.4. The number of nitrogens with zero attached hydrogens (tertiary/aromatic N) is 2. The van der Waals surface area contributed by atoms with E-state index in [-0.39, 0.29) is 18.3 Å². The normalized spacial score (nSPS) is 15.0. The predicted octanol–water partition coefficient (Wildman–Crippen LogP) is 2.42. The van der Waals surface area contributed by atoms with Crippen molar-refractivity contribution in [3.05, 3.63) is 53.6 Å². The second-order valence-electron chi connectivity index (χ2n) is 8.42. The maximum atomic E-state index is 12.6. The van der Waals surface area contributed by atoms with E-state index in [0.29, 0.717) is 62.6 Å². The number of benzene rings is 2. The van der Waals surface area contributed by atoms with Crippen molar-refractivity contribution in [2.24, 2.45) is 0 Å². The number of β-amino-alcohol motifs (C(OH)–C–C–N with tert-alkyl or cyclic N) is 1. The maximum Gasteiger partial charge on any atom is 0.222 e. The van der Waals surface area contributed by atoms with Gasteiger partial charge in [0.1, 0.15) is 18.5 Å². The number of hydrogen-bond donors (Lipinski definition) is 1. The van der Waals surface area contributed by atoms with Gasteiger partial charge in [-0.3, -0.25) is 14.5 Å². The van der Waals surface area contributed by atoms with Gasteiger partial charge in [-0.2, -0.15) is 0 Å². The van der Waals surface area contributed by atoms with Crippen molar-refractivity contribution in [1.82, 2.24) is 9.80 Å². The number of methoxy groups -OCH3 is 2. The summed E-state index contributed by atoms with van der Waals surface area (Å²) in [4.78, 5) is 28.1. The second-order valence-corrected chi connectivity index (χ2v) is 8.42. The van der Waals surface area contributed by atoms with E-state index < -0.39 is 6.10 Å². The molecule has 1 unspecified atom stereocenters. The van der Waals surface area contributed by atoms with Crippen molar-refractivity contribution in [2.75, 3.05) is 53.6 Å². The molecule has 0 aliphatic carbocycles. The zero-order valence-electron chi connectivity index (χ0n) is 20.2. The molecular formula is C26H34N2O6. The van der Waals surface area contributed by atoms with E-state index in [0.717, 1.165) is 11.3 Å². The Balaban J connectivity index is 1.38. The molecule has 0 bridgehead atoms. The van der Waals surface area contributed by atoms with Crippen LogP contribution in [0.3, 0.4) is 0 Å². The Morgan fingerprint density at radius 3 is 2.29 bits per heavy atom. The van der Waals surface area contributed by atoms with Crippen LogP contribution in [0.4, 0.5) is 0 Å². The molecule has 0 saturated carbocycles. The van der Waals surface area contributed by atoms with Crippen LogP contribution >= 0.6 is 0 Å². The number of aliphatic hydroxyl groups is 1. The molecule has 2 aromatic rings. The SMILES string of the molecule is COc1ccc(CCC(=O)N2CCN(CC(O)COc3ccc(C(C)=O)cc3OC)CC2)cc1. The summed E-state index contributed by atoms with van der Waals surface area (Å²) in [5, 5.41) is 10.4. The summed E-state index contributed by atoms with van der Waals surface area (Å²) < 4.78 is 16.2. The fraction of sp³-hybridized carbons (Fsp3) is 0.462. The predicted molar refractivity (Wildman–Crippen MR) is 129 cm³/mol. The highest BCUT2D eigenvalue weighted by Crippen LogP contribution is 2.28. The average molecular weight is 471 g/mol. The first-order valence-corrected chi connectivity index (χ1v) is 11.5. The third-order valence-electron chi connectivity index (χ3n) is 5.98. The summed E-state index contributed by atoms with van der Waals surface area (Å²) in [5.74, 6) is 1.85. The number of ether oxygens (including phenoxy) is 3. The van der Waals surface area contributed by atoms with Crippen molar-refractivity contribution in [1.29, 1.82) is 0 Å². The van der Waals surface area contributed by atoms with Gasteiger partial charge in [-0.25, -0.2) is 0 Å². The Morgan fingerprint density at radius 2 is 1.68 bits per heavy atom. The van der Waals surface area contributed by atoms with Crippen LogP contribution < -0.4 is 14.2 Å². The number of aliphatic hydroxyl groups excluding tert-OH is 1. The number of carbonyl (C=O) groups excluding carboxylic acids is 2.